The molecule has 0 aliphatic rings. The van der Waals surface area contributed by atoms with Gasteiger partial charge in [-0.15, -0.1) is 0 Å². The summed E-state index contributed by atoms with van der Waals surface area (Å²) in [6.07, 6.45) is 1.43. The van der Waals surface area contributed by atoms with Crippen LogP contribution in [0.1, 0.15) is 34.6 Å². The maximum absolute atomic E-state index is 10.8. The monoisotopic (exact) mass is 257 g/mol. The average Bonchev–Trinajstić information content (AvgIpc) is 2.39. The summed E-state index contributed by atoms with van der Waals surface area (Å²) in [6, 6.07) is 9.47. The molecule has 5 nitrogen and oxygen atoms in total. The quantitative estimate of drug-likeness (QED) is 0.880. The van der Waals surface area contributed by atoms with Crippen molar-refractivity contribution in [1.29, 1.82) is 0 Å². The molecule has 1 heterocycles. The molecule has 0 radical (unpaired) electrons. The number of hydrogen-bond donors (Lipinski definition) is 2. The van der Waals surface area contributed by atoms with Gasteiger partial charge in [-0.3, -0.25) is 0 Å². The molecule has 0 aliphatic carbocycles. The van der Waals surface area contributed by atoms with E-state index >= 15 is 0 Å². The third kappa shape index (κ3) is 3.28. The van der Waals surface area contributed by atoms with Gasteiger partial charge in [-0.25, -0.2) is 14.8 Å². The van der Waals surface area contributed by atoms with Gasteiger partial charge < -0.3 is 10.4 Å². The van der Waals surface area contributed by atoms with Gasteiger partial charge in [0.05, 0.1) is 6.04 Å². The highest BCUT2D eigenvalue weighted by atomic mass is 16.4. The minimum atomic E-state index is -1.06. The lowest BCUT2D eigenvalue weighted by Crippen LogP contribution is -2.11. The first kappa shape index (κ1) is 13.0. The van der Waals surface area contributed by atoms with E-state index in [1.54, 1.807) is 0 Å². The summed E-state index contributed by atoms with van der Waals surface area (Å²) in [7, 11) is 0. The molecule has 98 valence electrons. The van der Waals surface area contributed by atoms with E-state index in [1.165, 1.54) is 17.8 Å². The van der Waals surface area contributed by atoms with Gasteiger partial charge in [-0.05, 0) is 25.5 Å². The number of benzene rings is 1. The molecule has 0 bridgehead atoms. The third-order valence-corrected chi connectivity index (χ3v) is 2.80. The lowest BCUT2D eigenvalue weighted by molar-refractivity contribution is 0.0690. The van der Waals surface area contributed by atoms with Crippen LogP contribution in [0.5, 0.6) is 0 Å². The zero-order valence-electron chi connectivity index (χ0n) is 10.8. The van der Waals surface area contributed by atoms with Crippen LogP contribution in [0.2, 0.25) is 0 Å². The molecular formula is C14H15N3O2. The van der Waals surface area contributed by atoms with Crippen molar-refractivity contribution in [3.63, 3.8) is 0 Å². The molecule has 0 amide bonds. The molecule has 0 aliphatic heterocycles. The minimum absolute atomic E-state index is 0.00430. The van der Waals surface area contributed by atoms with Crippen molar-refractivity contribution in [2.45, 2.75) is 19.9 Å². The standard InChI is InChI=1S/C14H15N3O2/c1-9-3-5-11(6-4-9)10(2)16-14-15-8-7-12(17-14)13(18)19/h3-8,10H,1-2H3,(H,18,19)(H,15,16,17). The van der Waals surface area contributed by atoms with Crippen molar-refractivity contribution in [1.82, 2.24) is 9.97 Å². The molecule has 2 rings (SSSR count). The summed E-state index contributed by atoms with van der Waals surface area (Å²) in [4.78, 5) is 18.8. The van der Waals surface area contributed by atoms with Crippen molar-refractivity contribution >= 4 is 11.9 Å². The Kier molecular flexibility index (Phi) is 3.75. The van der Waals surface area contributed by atoms with E-state index in [9.17, 15) is 4.79 Å². The second kappa shape index (κ2) is 5.48. The highest BCUT2D eigenvalue weighted by Crippen LogP contribution is 2.17. The first-order valence-corrected chi connectivity index (χ1v) is 5.95. The second-order valence-electron chi connectivity index (χ2n) is 4.35. The Balaban J connectivity index is 2.14. The summed E-state index contributed by atoms with van der Waals surface area (Å²) in [5.41, 5.74) is 2.27. The SMILES string of the molecule is Cc1ccc(C(C)Nc2nccc(C(=O)O)n2)cc1. The molecular weight excluding hydrogens is 242 g/mol. The van der Waals surface area contributed by atoms with E-state index in [4.69, 9.17) is 5.11 Å². The Bertz CT molecular complexity index is 581. The topological polar surface area (TPSA) is 75.1 Å². The number of carboxylic acid groups (broad SMARTS) is 1. The van der Waals surface area contributed by atoms with Crippen LogP contribution in [0.4, 0.5) is 5.95 Å². The number of aryl methyl sites for hydroxylation is 1. The fraction of sp³-hybridized carbons (Fsp3) is 0.214. The normalized spacial score (nSPS) is 11.9. The summed E-state index contributed by atoms with van der Waals surface area (Å²) in [6.45, 7) is 4.00. The maximum Gasteiger partial charge on any atom is 0.354 e. The van der Waals surface area contributed by atoms with Crippen LogP contribution >= 0.6 is 0 Å². The Morgan fingerprint density at radius 1 is 1.26 bits per heavy atom. The van der Waals surface area contributed by atoms with Gasteiger partial charge in [-0.2, -0.15) is 0 Å². The lowest BCUT2D eigenvalue weighted by Gasteiger charge is -2.14. The van der Waals surface area contributed by atoms with E-state index in [0.29, 0.717) is 5.95 Å². The van der Waals surface area contributed by atoms with Crippen LogP contribution in [0, 0.1) is 6.92 Å². The predicted octanol–water partition coefficient (Wildman–Crippen LogP) is 2.66. The molecule has 0 saturated carbocycles. The highest BCUT2D eigenvalue weighted by molar-refractivity contribution is 5.85. The highest BCUT2D eigenvalue weighted by Gasteiger charge is 2.09. The Labute approximate surface area is 111 Å². The Morgan fingerprint density at radius 3 is 2.58 bits per heavy atom. The van der Waals surface area contributed by atoms with Crippen LogP contribution < -0.4 is 5.32 Å². The van der Waals surface area contributed by atoms with Crippen LogP contribution in [-0.4, -0.2) is 21.0 Å². The number of carbonyl (C=O) groups is 1. The predicted molar refractivity (Wildman–Crippen MR) is 72.2 cm³/mol. The van der Waals surface area contributed by atoms with Gasteiger partial charge in [0.15, 0.2) is 5.69 Å². The number of hydrogen-bond acceptors (Lipinski definition) is 4. The fourth-order valence-electron chi connectivity index (χ4n) is 1.68. The summed E-state index contributed by atoms with van der Waals surface area (Å²) in [5.74, 6) is -0.749. The maximum atomic E-state index is 10.8. The first-order chi connectivity index (χ1) is 9.06. The molecule has 1 aromatic carbocycles. The van der Waals surface area contributed by atoms with Gasteiger partial charge in [0.25, 0.3) is 0 Å². The number of nitrogens with zero attached hydrogens (tertiary/aromatic N) is 2. The van der Waals surface area contributed by atoms with Crippen molar-refractivity contribution in [3.05, 3.63) is 53.3 Å². The van der Waals surface area contributed by atoms with Gasteiger partial charge >= 0.3 is 5.97 Å². The zero-order chi connectivity index (χ0) is 13.8. The van der Waals surface area contributed by atoms with Crippen LogP contribution in [0.3, 0.4) is 0 Å². The number of anilines is 1. The Hall–Kier alpha value is -2.43. The van der Waals surface area contributed by atoms with Crippen LogP contribution in [0.25, 0.3) is 0 Å². The molecule has 2 aromatic rings. The number of nitrogens with one attached hydrogen (secondary N) is 1. The number of rotatable bonds is 4. The molecule has 1 aromatic heterocycles. The summed E-state index contributed by atoms with van der Waals surface area (Å²) in [5, 5.41) is 12.0. The van der Waals surface area contributed by atoms with Crippen molar-refractivity contribution in [2.24, 2.45) is 0 Å². The van der Waals surface area contributed by atoms with Gasteiger partial charge in [0, 0.05) is 6.20 Å². The molecule has 1 unspecified atom stereocenters. The van der Waals surface area contributed by atoms with Gasteiger partial charge in [-0.1, -0.05) is 29.8 Å². The largest absolute Gasteiger partial charge is 0.477 e. The zero-order valence-corrected chi connectivity index (χ0v) is 10.8. The van der Waals surface area contributed by atoms with E-state index in [1.807, 2.05) is 38.1 Å². The van der Waals surface area contributed by atoms with E-state index in [-0.39, 0.29) is 11.7 Å². The molecule has 0 saturated heterocycles. The molecule has 1 atom stereocenters. The third-order valence-electron chi connectivity index (χ3n) is 2.80. The van der Waals surface area contributed by atoms with Crippen LogP contribution in [0.15, 0.2) is 36.5 Å². The summed E-state index contributed by atoms with van der Waals surface area (Å²) < 4.78 is 0. The van der Waals surface area contributed by atoms with E-state index in [0.717, 1.165) is 5.56 Å². The van der Waals surface area contributed by atoms with E-state index < -0.39 is 5.97 Å². The first-order valence-electron chi connectivity index (χ1n) is 5.95. The molecule has 0 fully saturated rings. The van der Waals surface area contributed by atoms with Gasteiger partial charge in [0.1, 0.15) is 0 Å². The average molecular weight is 257 g/mol. The number of aromatic nitrogens is 2. The van der Waals surface area contributed by atoms with Crippen molar-refractivity contribution in [3.8, 4) is 0 Å². The molecule has 2 N–H and O–H groups in total. The van der Waals surface area contributed by atoms with Gasteiger partial charge in [0.2, 0.25) is 5.95 Å². The van der Waals surface area contributed by atoms with E-state index in [2.05, 4.69) is 15.3 Å². The van der Waals surface area contributed by atoms with Crippen molar-refractivity contribution in [2.75, 3.05) is 5.32 Å². The second-order valence-corrected chi connectivity index (χ2v) is 4.35. The summed E-state index contributed by atoms with van der Waals surface area (Å²) >= 11 is 0. The fourth-order valence-corrected chi connectivity index (χ4v) is 1.68. The molecule has 5 heteroatoms. The number of carboxylic acids is 1. The molecule has 19 heavy (non-hydrogen) atoms. The number of aromatic carboxylic acids is 1. The minimum Gasteiger partial charge on any atom is -0.477 e. The lowest BCUT2D eigenvalue weighted by atomic mass is 10.1. The van der Waals surface area contributed by atoms with Crippen LogP contribution in [-0.2, 0) is 0 Å². The smallest absolute Gasteiger partial charge is 0.354 e. The Morgan fingerprint density at radius 2 is 1.95 bits per heavy atom. The van der Waals surface area contributed by atoms with Crippen molar-refractivity contribution < 1.29 is 9.90 Å². The molecule has 0 spiro atoms.